The molecule has 0 aromatic heterocycles. The fourth-order valence-corrected chi connectivity index (χ4v) is 3.88. The maximum atomic E-state index is 10.3. The first-order chi connectivity index (χ1) is 15.5. The number of hydrogen-bond acceptors (Lipinski definition) is 2. The molecule has 0 fully saturated rings. The summed E-state index contributed by atoms with van der Waals surface area (Å²) in [5.41, 5.74) is 0. The maximum Gasteiger partial charge on any atom is 0.303 e. The van der Waals surface area contributed by atoms with Crippen molar-refractivity contribution >= 4 is 11.9 Å². The molecule has 0 saturated heterocycles. The zero-order valence-electron chi connectivity index (χ0n) is 22.0. The minimum Gasteiger partial charge on any atom is -0.481 e. The molecule has 0 atom stereocenters. The van der Waals surface area contributed by atoms with Gasteiger partial charge in [-0.15, -0.1) is 0 Å². The van der Waals surface area contributed by atoms with Gasteiger partial charge in [0.1, 0.15) is 0 Å². The Morgan fingerprint density at radius 1 is 0.394 bits per heavy atom. The van der Waals surface area contributed by atoms with Crippen molar-refractivity contribution in [3.8, 4) is 0 Å². The molecule has 4 nitrogen and oxygen atoms in total. The summed E-state index contributed by atoms with van der Waals surface area (Å²) in [6.07, 6.45) is 28.7. The number of carboxylic acid groups (broad SMARTS) is 2. The topological polar surface area (TPSA) is 74.6 Å². The minimum absolute atomic E-state index is 0. The van der Waals surface area contributed by atoms with E-state index in [1.807, 2.05) is 0 Å². The van der Waals surface area contributed by atoms with E-state index < -0.39 is 11.9 Å². The van der Waals surface area contributed by atoms with E-state index in [0.717, 1.165) is 25.7 Å². The van der Waals surface area contributed by atoms with Gasteiger partial charge in [0, 0.05) is 29.3 Å². The molecule has 33 heavy (non-hydrogen) atoms. The molecule has 0 aliphatic heterocycles. The Hall–Kier alpha value is -0.566. The predicted molar refractivity (Wildman–Crippen MR) is 137 cm³/mol. The molecule has 0 amide bonds. The van der Waals surface area contributed by atoms with Crippen LogP contribution in [-0.2, 0) is 26.1 Å². The molecular weight excluding hydrogens is 459 g/mol. The molecule has 0 aliphatic carbocycles. The van der Waals surface area contributed by atoms with Crippen LogP contribution in [0, 0.1) is 0 Å². The normalized spacial score (nSPS) is 10.2. The first-order valence-corrected chi connectivity index (χ1v) is 14.0. The van der Waals surface area contributed by atoms with Gasteiger partial charge in [-0.3, -0.25) is 9.59 Å². The van der Waals surface area contributed by atoms with Crippen molar-refractivity contribution in [2.75, 3.05) is 0 Å². The van der Waals surface area contributed by atoms with Gasteiger partial charge in [-0.2, -0.15) is 0 Å². The van der Waals surface area contributed by atoms with Gasteiger partial charge >= 0.3 is 11.9 Å². The van der Waals surface area contributed by atoms with Crippen LogP contribution in [0.5, 0.6) is 0 Å². The Morgan fingerprint density at radius 3 is 0.758 bits per heavy atom. The fourth-order valence-electron chi connectivity index (χ4n) is 3.88. The van der Waals surface area contributed by atoms with Crippen LogP contribution in [0.3, 0.4) is 0 Å². The molecule has 0 unspecified atom stereocenters. The summed E-state index contributed by atoms with van der Waals surface area (Å²) in [6, 6.07) is 0. The molecule has 0 radical (unpaired) electrons. The number of aliphatic carboxylic acids is 2. The first kappa shape index (κ1) is 37.0. The van der Waals surface area contributed by atoms with Crippen LogP contribution in [0.2, 0.25) is 0 Å². The van der Waals surface area contributed by atoms with Gasteiger partial charge in [-0.1, -0.05) is 142 Å². The molecule has 0 aromatic rings. The van der Waals surface area contributed by atoms with Crippen molar-refractivity contribution < 1.29 is 36.3 Å². The molecule has 5 heteroatoms. The van der Waals surface area contributed by atoms with Crippen LogP contribution in [0.4, 0.5) is 0 Å². The van der Waals surface area contributed by atoms with Crippen molar-refractivity contribution in [3.63, 3.8) is 0 Å². The molecule has 0 rings (SSSR count). The third kappa shape index (κ3) is 42.1. The number of carbonyl (C=O) groups is 2. The van der Waals surface area contributed by atoms with Gasteiger partial charge in [0.15, 0.2) is 0 Å². The molecule has 0 heterocycles. The molecule has 202 valence electrons. The summed E-state index contributed by atoms with van der Waals surface area (Å²) in [5, 5.41) is 16.9. The zero-order chi connectivity index (χ0) is 24.1. The van der Waals surface area contributed by atoms with E-state index in [1.165, 1.54) is 116 Å². The van der Waals surface area contributed by atoms with Crippen molar-refractivity contribution in [2.45, 2.75) is 168 Å². The standard InChI is InChI=1S/2C14H28O2.Ni/c2*1-2-3-4-5-6-7-8-9-10-11-12-13-14(15)16;/h2*2-13H2,1H3,(H,15,16);. The summed E-state index contributed by atoms with van der Waals surface area (Å²) in [5.74, 6) is -1.31. The summed E-state index contributed by atoms with van der Waals surface area (Å²) in [4.78, 5) is 20.5. The molecule has 0 aliphatic rings. The van der Waals surface area contributed by atoms with Crippen molar-refractivity contribution in [1.82, 2.24) is 0 Å². The summed E-state index contributed by atoms with van der Waals surface area (Å²) >= 11 is 0. The molecule has 0 spiro atoms. The Bertz CT molecular complexity index is 352. The SMILES string of the molecule is CCCCCCCCCCCCCC(=O)O.CCCCCCCCCCCCCC(=O)O.[Ni]. The van der Waals surface area contributed by atoms with E-state index in [1.54, 1.807) is 0 Å². The van der Waals surface area contributed by atoms with E-state index in [0.29, 0.717) is 12.8 Å². The zero-order valence-corrected chi connectivity index (χ0v) is 23.0. The van der Waals surface area contributed by atoms with Gasteiger partial charge in [-0.05, 0) is 12.8 Å². The Morgan fingerprint density at radius 2 is 0.576 bits per heavy atom. The molecule has 0 bridgehead atoms. The average molecular weight is 515 g/mol. The second-order valence-corrected chi connectivity index (χ2v) is 9.36. The van der Waals surface area contributed by atoms with Crippen LogP contribution in [0.1, 0.15) is 168 Å². The number of rotatable bonds is 24. The van der Waals surface area contributed by atoms with E-state index in [-0.39, 0.29) is 16.5 Å². The first-order valence-electron chi connectivity index (χ1n) is 14.0. The molecule has 0 aromatic carbocycles. The van der Waals surface area contributed by atoms with Gasteiger partial charge in [0.2, 0.25) is 0 Å². The third-order valence-electron chi connectivity index (χ3n) is 5.99. The van der Waals surface area contributed by atoms with Gasteiger partial charge < -0.3 is 10.2 Å². The van der Waals surface area contributed by atoms with Crippen molar-refractivity contribution in [1.29, 1.82) is 0 Å². The third-order valence-corrected chi connectivity index (χ3v) is 5.99. The molecule has 2 N–H and O–H groups in total. The second-order valence-electron chi connectivity index (χ2n) is 9.36. The number of carboxylic acids is 2. The fraction of sp³-hybridized carbons (Fsp3) is 0.929. The van der Waals surface area contributed by atoms with Crippen LogP contribution >= 0.6 is 0 Å². The maximum absolute atomic E-state index is 10.3. The van der Waals surface area contributed by atoms with E-state index in [4.69, 9.17) is 10.2 Å². The Balaban J connectivity index is -0.000000529. The molecule has 0 saturated carbocycles. The second kappa shape index (κ2) is 33.6. The summed E-state index contributed by atoms with van der Waals surface area (Å²) < 4.78 is 0. The van der Waals surface area contributed by atoms with Gasteiger partial charge in [0.05, 0.1) is 0 Å². The quantitative estimate of drug-likeness (QED) is 0.0992. The van der Waals surface area contributed by atoms with Crippen molar-refractivity contribution in [3.05, 3.63) is 0 Å². The number of hydrogen-bond donors (Lipinski definition) is 2. The van der Waals surface area contributed by atoms with Gasteiger partial charge in [-0.25, -0.2) is 0 Å². The monoisotopic (exact) mass is 514 g/mol. The summed E-state index contributed by atoms with van der Waals surface area (Å²) in [7, 11) is 0. The summed E-state index contributed by atoms with van der Waals surface area (Å²) in [6.45, 7) is 4.49. The average Bonchev–Trinajstić information content (AvgIpc) is 2.76. The predicted octanol–water partition coefficient (Wildman–Crippen LogP) is 9.54. The van der Waals surface area contributed by atoms with E-state index in [9.17, 15) is 9.59 Å². The van der Waals surface area contributed by atoms with E-state index in [2.05, 4.69) is 13.8 Å². The number of unbranched alkanes of at least 4 members (excludes halogenated alkanes) is 20. The van der Waals surface area contributed by atoms with Crippen molar-refractivity contribution in [2.24, 2.45) is 0 Å². The Labute approximate surface area is 216 Å². The van der Waals surface area contributed by atoms with Crippen LogP contribution in [0.15, 0.2) is 0 Å². The molecular formula is C28H56NiO4. The van der Waals surface area contributed by atoms with Crippen LogP contribution in [-0.4, -0.2) is 22.2 Å². The smallest absolute Gasteiger partial charge is 0.303 e. The van der Waals surface area contributed by atoms with Crippen LogP contribution < -0.4 is 0 Å². The van der Waals surface area contributed by atoms with Gasteiger partial charge in [0.25, 0.3) is 0 Å². The minimum atomic E-state index is -0.657. The van der Waals surface area contributed by atoms with E-state index >= 15 is 0 Å². The van der Waals surface area contributed by atoms with Crippen LogP contribution in [0.25, 0.3) is 0 Å². The largest absolute Gasteiger partial charge is 0.481 e. The Kier molecular flexibility index (Phi) is 37.7.